The maximum Gasteiger partial charge on any atom is 0.257 e. The first kappa shape index (κ1) is 14.5. The van der Waals surface area contributed by atoms with Crippen LogP contribution in [0.5, 0.6) is 0 Å². The van der Waals surface area contributed by atoms with E-state index in [4.69, 9.17) is 0 Å². The van der Waals surface area contributed by atoms with Gasteiger partial charge in [-0.3, -0.25) is 9.78 Å². The van der Waals surface area contributed by atoms with Gasteiger partial charge in [0.2, 0.25) is 0 Å². The number of carbonyl (C=O) groups is 1. The molecule has 0 radical (unpaired) electrons. The number of pyridine rings is 1. The Hall–Kier alpha value is -1.88. The quantitative estimate of drug-likeness (QED) is 0.893. The van der Waals surface area contributed by atoms with Crippen molar-refractivity contribution in [3.63, 3.8) is 0 Å². The summed E-state index contributed by atoms with van der Waals surface area (Å²) in [5, 5.41) is 6.07. The van der Waals surface area contributed by atoms with Crippen LogP contribution in [-0.4, -0.2) is 17.4 Å². The van der Waals surface area contributed by atoms with Crippen molar-refractivity contribution in [1.29, 1.82) is 0 Å². The number of anilines is 2. The Morgan fingerprint density at radius 3 is 2.85 bits per heavy atom. The zero-order valence-corrected chi connectivity index (χ0v) is 13.0. The SMILES string of the molecule is CCNc1cnccc1C(=O)Nc1cccc(Br)c1C. The second-order valence-corrected chi connectivity index (χ2v) is 5.17. The molecule has 0 unspecified atom stereocenters. The molecule has 4 nitrogen and oxygen atoms in total. The summed E-state index contributed by atoms with van der Waals surface area (Å²) in [6, 6.07) is 7.43. The van der Waals surface area contributed by atoms with Crippen LogP contribution in [0, 0.1) is 6.92 Å². The van der Waals surface area contributed by atoms with Gasteiger partial charge in [0.25, 0.3) is 5.91 Å². The summed E-state index contributed by atoms with van der Waals surface area (Å²) in [6.45, 7) is 4.67. The molecule has 1 amide bonds. The summed E-state index contributed by atoms with van der Waals surface area (Å²) in [7, 11) is 0. The molecule has 0 aliphatic heterocycles. The van der Waals surface area contributed by atoms with E-state index in [0.717, 1.165) is 28.0 Å². The van der Waals surface area contributed by atoms with E-state index in [2.05, 4.69) is 31.5 Å². The van der Waals surface area contributed by atoms with Crippen LogP contribution >= 0.6 is 15.9 Å². The Labute approximate surface area is 126 Å². The molecular weight excluding hydrogens is 318 g/mol. The van der Waals surface area contributed by atoms with E-state index in [-0.39, 0.29) is 5.91 Å². The standard InChI is InChI=1S/C15H16BrN3O/c1-3-18-14-9-17-8-7-11(14)15(20)19-13-6-4-5-12(16)10(13)2/h4-9,18H,3H2,1-2H3,(H,19,20). The lowest BCUT2D eigenvalue weighted by Gasteiger charge is -2.12. The number of hydrogen-bond acceptors (Lipinski definition) is 3. The molecule has 0 spiro atoms. The zero-order valence-electron chi connectivity index (χ0n) is 11.4. The summed E-state index contributed by atoms with van der Waals surface area (Å²) < 4.78 is 0.969. The van der Waals surface area contributed by atoms with Gasteiger partial charge in [0, 0.05) is 22.9 Å². The lowest BCUT2D eigenvalue weighted by atomic mass is 10.1. The number of carbonyl (C=O) groups excluding carboxylic acids is 1. The van der Waals surface area contributed by atoms with E-state index < -0.39 is 0 Å². The van der Waals surface area contributed by atoms with E-state index in [1.54, 1.807) is 18.5 Å². The Kier molecular flexibility index (Phi) is 4.74. The highest BCUT2D eigenvalue weighted by Crippen LogP contribution is 2.24. The number of nitrogens with zero attached hydrogens (tertiary/aromatic N) is 1. The van der Waals surface area contributed by atoms with Crippen LogP contribution in [0.25, 0.3) is 0 Å². The summed E-state index contributed by atoms with van der Waals surface area (Å²) in [6.07, 6.45) is 3.27. The Balaban J connectivity index is 2.26. The molecule has 20 heavy (non-hydrogen) atoms. The highest BCUT2D eigenvalue weighted by molar-refractivity contribution is 9.10. The summed E-state index contributed by atoms with van der Waals surface area (Å²) in [5.74, 6) is -0.149. The van der Waals surface area contributed by atoms with Gasteiger partial charge in [-0.2, -0.15) is 0 Å². The van der Waals surface area contributed by atoms with Crippen molar-refractivity contribution in [1.82, 2.24) is 4.98 Å². The third-order valence-corrected chi connectivity index (χ3v) is 3.81. The molecule has 1 heterocycles. The number of benzene rings is 1. The first-order valence-corrected chi connectivity index (χ1v) is 7.17. The van der Waals surface area contributed by atoms with E-state index >= 15 is 0 Å². The van der Waals surface area contributed by atoms with Gasteiger partial charge in [0.05, 0.1) is 17.4 Å². The monoisotopic (exact) mass is 333 g/mol. The molecule has 0 atom stereocenters. The Bertz CT molecular complexity index is 628. The van der Waals surface area contributed by atoms with Gasteiger partial charge in [0.1, 0.15) is 0 Å². The van der Waals surface area contributed by atoms with Crippen LogP contribution in [-0.2, 0) is 0 Å². The van der Waals surface area contributed by atoms with Gasteiger partial charge >= 0.3 is 0 Å². The molecule has 2 aromatic rings. The lowest BCUT2D eigenvalue weighted by molar-refractivity contribution is 0.102. The number of nitrogens with one attached hydrogen (secondary N) is 2. The van der Waals surface area contributed by atoms with Crippen molar-refractivity contribution in [2.24, 2.45) is 0 Å². The predicted octanol–water partition coefficient (Wildman–Crippen LogP) is 3.84. The molecular formula is C15H16BrN3O. The maximum atomic E-state index is 12.4. The number of halogens is 1. The molecule has 0 bridgehead atoms. The fourth-order valence-electron chi connectivity index (χ4n) is 1.86. The third-order valence-electron chi connectivity index (χ3n) is 2.95. The Morgan fingerprint density at radius 2 is 2.10 bits per heavy atom. The fourth-order valence-corrected chi connectivity index (χ4v) is 2.22. The molecule has 0 saturated carbocycles. The van der Waals surface area contributed by atoms with E-state index in [0.29, 0.717) is 5.56 Å². The van der Waals surface area contributed by atoms with Crippen LogP contribution in [0.3, 0.4) is 0 Å². The molecule has 104 valence electrons. The van der Waals surface area contributed by atoms with Crippen molar-refractivity contribution in [3.05, 3.63) is 52.3 Å². The minimum absolute atomic E-state index is 0.149. The number of rotatable bonds is 4. The van der Waals surface area contributed by atoms with Crippen LogP contribution < -0.4 is 10.6 Å². The Morgan fingerprint density at radius 1 is 1.30 bits per heavy atom. The number of aromatic nitrogens is 1. The second-order valence-electron chi connectivity index (χ2n) is 4.32. The van der Waals surface area contributed by atoms with Crippen molar-refractivity contribution >= 4 is 33.2 Å². The predicted molar refractivity (Wildman–Crippen MR) is 85.2 cm³/mol. The average Bonchev–Trinajstić information content (AvgIpc) is 2.45. The van der Waals surface area contributed by atoms with Gasteiger partial charge in [0.15, 0.2) is 0 Å². The smallest absolute Gasteiger partial charge is 0.257 e. The molecule has 1 aromatic carbocycles. The van der Waals surface area contributed by atoms with Crippen molar-refractivity contribution < 1.29 is 4.79 Å². The fraction of sp³-hybridized carbons (Fsp3) is 0.200. The van der Waals surface area contributed by atoms with Gasteiger partial charge in [-0.1, -0.05) is 22.0 Å². The molecule has 0 fully saturated rings. The van der Waals surface area contributed by atoms with Crippen LogP contribution in [0.1, 0.15) is 22.8 Å². The molecule has 2 N–H and O–H groups in total. The topological polar surface area (TPSA) is 54.0 Å². The molecule has 0 aliphatic carbocycles. The van der Waals surface area contributed by atoms with Crippen molar-refractivity contribution in [3.8, 4) is 0 Å². The third kappa shape index (κ3) is 3.17. The van der Waals surface area contributed by atoms with Gasteiger partial charge in [-0.25, -0.2) is 0 Å². The first-order chi connectivity index (χ1) is 9.63. The molecule has 5 heteroatoms. The molecule has 0 aliphatic rings. The largest absolute Gasteiger partial charge is 0.383 e. The second kappa shape index (κ2) is 6.52. The molecule has 2 rings (SSSR count). The maximum absolute atomic E-state index is 12.4. The van der Waals surface area contributed by atoms with Crippen LogP contribution in [0.2, 0.25) is 0 Å². The normalized spacial score (nSPS) is 10.2. The first-order valence-electron chi connectivity index (χ1n) is 6.37. The van der Waals surface area contributed by atoms with Crippen LogP contribution in [0.4, 0.5) is 11.4 Å². The average molecular weight is 334 g/mol. The summed E-state index contributed by atoms with van der Waals surface area (Å²) in [5.41, 5.74) is 3.12. The van der Waals surface area contributed by atoms with Crippen molar-refractivity contribution in [2.75, 3.05) is 17.2 Å². The summed E-state index contributed by atoms with van der Waals surface area (Å²) in [4.78, 5) is 16.4. The van der Waals surface area contributed by atoms with E-state index in [1.165, 1.54) is 0 Å². The highest BCUT2D eigenvalue weighted by Gasteiger charge is 2.12. The highest BCUT2D eigenvalue weighted by atomic mass is 79.9. The van der Waals surface area contributed by atoms with Gasteiger partial charge in [-0.05, 0) is 37.6 Å². The summed E-state index contributed by atoms with van der Waals surface area (Å²) >= 11 is 3.46. The van der Waals surface area contributed by atoms with Gasteiger partial charge < -0.3 is 10.6 Å². The number of hydrogen-bond donors (Lipinski definition) is 2. The minimum Gasteiger partial charge on any atom is -0.383 e. The van der Waals surface area contributed by atoms with E-state index in [9.17, 15) is 4.79 Å². The van der Waals surface area contributed by atoms with Crippen LogP contribution in [0.15, 0.2) is 41.1 Å². The zero-order chi connectivity index (χ0) is 14.5. The van der Waals surface area contributed by atoms with Crippen molar-refractivity contribution in [2.45, 2.75) is 13.8 Å². The lowest BCUT2D eigenvalue weighted by Crippen LogP contribution is -2.15. The van der Waals surface area contributed by atoms with Gasteiger partial charge in [-0.15, -0.1) is 0 Å². The molecule has 0 saturated heterocycles. The molecule has 1 aromatic heterocycles. The number of amides is 1. The minimum atomic E-state index is -0.149. The van der Waals surface area contributed by atoms with E-state index in [1.807, 2.05) is 32.0 Å².